The number of hydrogen-bond acceptors (Lipinski definition) is 11. The summed E-state index contributed by atoms with van der Waals surface area (Å²) in [5, 5.41) is 9.84. The van der Waals surface area contributed by atoms with Gasteiger partial charge in [-0.15, -0.1) is 6.58 Å². The van der Waals surface area contributed by atoms with Crippen molar-refractivity contribution in [3.63, 3.8) is 0 Å². The van der Waals surface area contributed by atoms with E-state index in [1.807, 2.05) is 6.92 Å². The van der Waals surface area contributed by atoms with Gasteiger partial charge < -0.3 is 51.3 Å². The normalized spacial score (nSPS) is 20.2. The van der Waals surface area contributed by atoms with Crippen molar-refractivity contribution >= 4 is 52.2 Å². The van der Waals surface area contributed by atoms with E-state index in [1.54, 1.807) is 33.3 Å². The van der Waals surface area contributed by atoms with E-state index in [-0.39, 0.29) is 41.9 Å². The molecule has 278 valence electrons. The lowest BCUT2D eigenvalue weighted by molar-refractivity contribution is -0.117. The molecule has 0 unspecified atom stereocenters. The molecule has 2 saturated heterocycles. The zero-order valence-corrected chi connectivity index (χ0v) is 31.3. The van der Waals surface area contributed by atoms with Crippen LogP contribution in [0.3, 0.4) is 0 Å². The first-order valence-corrected chi connectivity index (χ1v) is 17.0. The first-order valence-electron chi connectivity index (χ1n) is 16.3. The van der Waals surface area contributed by atoms with Crippen LogP contribution in [0.1, 0.15) is 53.8 Å². The Morgan fingerprint density at radius 1 is 0.900 bits per heavy atom. The maximum Gasteiger partial charge on any atom is 0.255 e. The third-order valence-corrected chi connectivity index (χ3v) is 8.87. The molecule has 4 rings (SSSR count). The minimum atomic E-state index is -0.284. The van der Waals surface area contributed by atoms with Gasteiger partial charge in [-0.05, 0) is 45.4 Å². The second-order valence-electron chi connectivity index (χ2n) is 11.8. The number of nitrogen functional groups attached to an aromatic ring is 2. The van der Waals surface area contributed by atoms with Gasteiger partial charge in [0, 0.05) is 59.0 Å². The molecule has 2 aliphatic rings. The third kappa shape index (κ3) is 12.6. The van der Waals surface area contributed by atoms with Crippen LogP contribution in [0.25, 0.3) is 0 Å². The van der Waals surface area contributed by atoms with E-state index in [2.05, 4.69) is 27.4 Å². The number of amides is 2. The topological polar surface area (TPSA) is 180 Å². The highest BCUT2D eigenvalue weighted by Crippen LogP contribution is 2.30. The summed E-state index contributed by atoms with van der Waals surface area (Å²) in [7, 11) is 6.23. The van der Waals surface area contributed by atoms with Crippen molar-refractivity contribution in [1.29, 1.82) is 0 Å². The Morgan fingerprint density at radius 2 is 1.38 bits per heavy atom. The summed E-state index contributed by atoms with van der Waals surface area (Å²) in [4.78, 5) is 38.5. The van der Waals surface area contributed by atoms with Crippen molar-refractivity contribution in [2.24, 2.45) is 0 Å². The SMILES string of the molecule is C=CC.COc1cc(N)c(Cl)cc1C(=O)N[C@@H]1CCN(CCC(C)=O)C[C@@H]1OC.COc1cc(N)c(Cl)cc1C(=O)N[C@@H]1CCNC[C@@H]1OC. The number of likely N-dealkylation sites (tertiary alicyclic amines) is 1. The smallest absolute Gasteiger partial charge is 0.255 e. The maximum absolute atomic E-state index is 12.7. The van der Waals surface area contributed by atoms with Gasteiger partial charge in [0.25, 0.3) is 11.8 Å². The summed E-state index contributed by atoms with van der Waals surface area (Å²) in [6.45, 7) is 10.5. The molecule has 50 heavy (non-hydrogen) atoms. The van der Waals surface area contributed by atoms with Crippen LogP contribution in [0.4, 0.5) is 11.4 Å². The fourth-order valence-corrected chi connectivity index (χ4v) is 5.80. The van der Waals surface area contributed by atoms with Gasteiger partial charge in [-0.25, -0.2) is 0 Å². The molecule has 2 heterocycles. The number of hydrogen-bond donors (Lipinski definition) is 5. The van der Waals surface area contributed by atoms with Gasteiger partial charge in [0.2, 0.25) is 0 Å². The third-order valence-electron chi connectivity index (χ3n) is 8.22. The lowest BCUT2D eigenvalue weighted by Gasteiger charge is -2.38. The Labute approximate surface area is 305 Å². The Hall–Kier alpha value is -3.59. The number of nitrogens with two attached hydrogens (primary N) is 2. The Morgan fingerprint density at radius 3 is 1.82 bits per heavy atom. The minimum Gasteiger partial charge on any atom is -0.496 e. The fourth-order valence-electron chi connectivity index (χ4n) is 5.47. The number of halogens is 2. The van der Waals surface area contributed by atoms with E-state index < -0.39 is 0 Å². The van der Waals surface area contributed by atoms with Gasteiger partial charge in [0.15, 0.2) is 0 Å². The molecule has 0 saturated carbocycles. The predicted molar refractivity (Wildman–Crippen MR) is 199 cm³/mol. The summed E-state index contributed by atoms with van der Waals surface area (Å²) in [5.74, 6) is 0.409. The summed E-state index contributed by atoms with van der Waals surface area (Å²) >= 11 is 12.0. The number of piperidine rings is 2. The van der Waals surface area contributed by atoms with E-state index in [9.17, 15) is 14.4 Å². The van der Waals surface area contributed by atoms with E-state index in [1.165, 1.54) is 32.4 Å². The average Bonchev–Trinajstić information content (AvgIpc) is 3.10. The molecule has 4 atom stereocenters. The minimum absolute atomic E-state index is 0.0511. The molecule has 2 aromatic carbocycles. The van der Waals surface area contributed by atoms with E-state index in [4.69, 9.17) is 53.6 Å². The molecule has 0 aromatic heterocycles. The van der Waals surface area contributed by atoms with Crippen molar-refractivity contribution in [1.82, 2.24) is 20.9 Å². The molecule has 2 aliphatic heterocycles. The van der Waals surface area contributed by atoms with Gasteiger partial charge in [-0.3, -0.25) is 14.4 Å². The molecule has 0 aliphatic carbocycles. The van der Waals surface area contributed by atoms with Crippen LogP contribution in [0.5, 0.6) is 11.5 Å². The Bertz CT molecular complexity index is 1450. The van der Waals surface area contributed by atoms with Crippen molar-refractivity contribution < 1.29 is 33.3 Å². The molecule has 0 radical (unpaired) electrons. The molecule has 2 aromatic rings. The van der Waals surface area contributed by atoms with Crippen LogP contribution in [0.2, 0.25) is 10.0 Å². The van der Waals surface area contributed by atoms with E-state index in [0.29, 0.717) is 70.1 Å². The standard InChI is InChI=1S/C18H26ClN3O4.C14H20ClN3O3.C3H6/c1-11(23)4-6-22-7-5-15(17(10-22)26-3)21-18(24)12-8-13(19)14(20)9-16(12)25-2;1-20-12-6-10(16)9(15)5-8(12)14(19)18-11-3-4-17-7-13(11)21-2;1-3-2/h8-9,15,17H,4-7,10,20H2,1-3H3,(H,21,24);5-6,11,13,17H,3-4,7,16H2,1-2H3,(H,18,19);3H,1H2,2H3/t15-,17+;11-,13+;/m11./s1. The summed E-state index contributed by atoms with van der Waals surface area (Å²) < 4.78 is 21.4. The molecule has 0 bridgehead atoms. The van der Waals surface area contributed by atoms with Crippen LogP contribution >= 0.6 is 23.2 Å². The van der Waals surface area contributed by atoms with E-state index in [0.717, 1.165) is 25.9 Å². The van der Waals surface area contributed by atoms with Crippen molar-refractivity contribution in [3.8, 4) is 11.5 Å². The monoisotopic (exact) mass is 738 g/mol. The van der Waals surface area contributed by atoms with Gasteiger partial charge in [0.05, 0.1) is 71.1 Å². The first-order chi connectivity index (χ1) is 23.8. The highest BCUT2D eigenvalue weighted by molar-refractivity contribution is 6.34. The number of ether oxygens (including phenoxy) is 4. The zero-order chi connectivity index (χ0) is 37.4. The van der Waals surface area contributed by atoms with Crippen LogP contribution in [-0.4, -0.2) is 108 Å². The largest absolute Gasteiger partial charge is 0.496 e. The molecular weight excluding hydrogens is 687 g/mol. The average molecular weight is 740 g/mol. The van der Waals surface area contributed by atoms with Gasteiger partial charge in [0.1, 0.15) is 17.3 Å². The number of methoxy groups -OCH3 is 4. The number of benzene rings is 2. The van der Waals surface area contributed by atoms with Crippen molar-refractivity contribution in [2.45, 2.75) is 57.4 Å². The number of ketones is 1. The van der Waals surface area contributed by atoms with Crippen LogP contribution < -0.4 is 36.9 Å². The molecule has 15 heteroatoms. The maximum atomic E-state index is 12.7. The molecule has 0 spiro atoms. The number of nitrogens with zero attached hydrogens (tertiary/aromatic N) is 1. The van der Waals surface area contributed by atoms with Crippen LogP contribution in [0, 0.1) is 0 Å². The Balaban J connectivity index is 0.000000327. The lowest BCUT2D eigenvalue weighted by Crippen LogP contribution is -2.55. The van der Waals surface area contributed by atoms with Gasteiger partial charge in [-0.1, -0.05) is 29.3 Å². The molecule has 2 amide bonds. The summed E-state index contributed by atoms with van der Waals surface area (Å²) in [5.41, 5.74) is 12.9. The second-order valence-corrected chi connectivity index (χ2v) is 12.6. The highest BCUT2D eigenvalue weighted by Gasteiger charge is 2.31. The second kappa shape index (κ2) is 21.6. The van der Waals surface area contributed by atoms with Crippen LogP contribution in [0.15, 0.2) is 36.9 Å². The quantitative estimate of drug-likeness (QED) is 0.166. The summed E-state index contributed by atoms with van der Waals surface area (Å²) in [6.07, 6.45) is 3.59. The molecule has 13 nitrogen and oxygen atoms in total. The van der Waals surface area contributed by atoms with Gasteiger partial charge >= 0.3 is 0 Å². The number of carbonyl (C=O) groups is 3. The first kappa shape index (κ1) is 42.6. The number of allylic oxidation sites excluding steroid dienone is 1. The number of anilines is 2. The van der Waals surface area contributed by atoms with Crippen molar-refractivity contribution in [3.05, 3.63) is 58.1 Å². The number of Topliss-reactive ketones (excluding diaryl/α,β-unsaturated/α-hetero) is 1. The predicted octanol–water partition coefficient (Wildman–Crippen LogP) is 3.96. The van der Waals surface area contributed by atoms with Crippen molar-refractivity contribution in [2.75, 3.05) is 72.6 Å². The summed E-state index contributed by atoms with van der Waals surface area (Å²) in [6, 6.07) is 5.93. The molecular formula is C35H52Cl2N6O7. The number of nitrogens with one attached hydrogen (secondary N) is 3. The lowest BCUT2D eigenvalue weighted by atomic mass is 10.0. The molecule has 7 N–H and O–H groups in total. The molecule has 2 fully saturated rings. The zero-order valence-electron chi connectivity index (χ0n) is 29.8. The number of carbonyl (C=O) groups excluding carboxylic acids is 3. The van der Waals surface area contributed by atoms with Crippen LogP contribution in [-0.2, 0) is 14.3 Å². The fraction of sp³-hybridized carbons (Fsp3) is 0.514. The Kier molecular flexibility index (Phi) is 18.4. The van der Waals surface area contributed by atoms with Gasteiger partial charge in [-0.2, -0.15) is 0 Å². The van der Waals surface area contributed by atoms with E-state index >= 15 is 0 Å². The highest BCUT2D eigenvalue weighted by atomic mass is 35.5. The number of rotatable bonds is 11.